The zero-order valence-electron chi connectivity index (χ0n) is 14.2. The number of rotatable bonds is 5. The van der Waals surface area contributed by atoms with E-state index in [9.17, 15) is 4.79 Å². The number of likely N-dealkylation sites (tertiary alicyclic amines) is 1. The van der Waals surface area contributed by atoms with E-state index in [-0.39, 0.29) is 6.03 Å². The monoisotopic (exact) mass is 327 g/mol. The zero-order valence-corrected chi connectivity index (χ0v) is 14.2. The minimum Gasteiger partial charge on any atom is -0.334 e. The third-order valence-corrected chi connectivity index (χ3v) is 4.64. The molecule has 1 aliphatic heterocycles. The molecule has 2 aromatic rings. The van der Waals surface area contributed by atoms with Crippen molar-refractivity contribution in [1.82, 2.24) is 25.0 Å². The van der Waals surface area contributed by atoms with Crippen LogP contribution in [0.4, 0.5) is 4.79 Å². The summed E-state index contributed by atoms with van der Waals surface area (Å²) in [5, 5.41) is 7.16. The molecular formula is C18H25N5O. The van der Waals surface area contributed by atoms with Gasteiger partial charge in [0.25, 0.3) is 0 Å². The van der Waals surface area contributed by atoms with E-state index in [0.29, 0.717) is 19.1 Å². The molecule has 0 bridgehead atoms. The number of hydrogen-bond acceptors (Lipinski definition) is 3. The average Bonchev–Trinajstić information content (AvgIpc) is 3.14. The lowest BCUT2D eigenvalue weighted by atomic mass is 10.0. The Labute approximate surface area is 142 Å². The highest BCUT2D eigenvalue weighted by Gasteiger charge is 2.24. The highest BCUT2D eigenvalue weighted by molar-refractivity contribution is 5.74. The first-order valence-electron chi connectivity index (χ1n) is 8.71. The summed E-state index contributed by atoms with van der Waals surface area (Å²) in [4.78, 5) is 18.4. The van der Waals surface area contributed by atoms with E-state index >= 15 is 0 Å². The van der Waals surface area contributed by atoms with Gasteiger partial charge in [-0.2, -0.15) is 5.10 Å². The maximum Gasteiger partial charge on any atom is 0.317 e. The minimum absolute atomic E-state index is 0.0632. The number of nitrogens with zero attached hydrogens (tertiary/aromatic N) is 4. The van der Waals surface area contributed by atoms with Crippen LogP contribution in [0.1, 0.15) is 43.7 Å². The van der Waals surface area contributed by atoms with Crippen molar-refractivity contribution in [2.24, 2.45) is 0 Å². The summed E-state index contributed by atoms with van der Waals surface area (Å²) in [7, 11) is 0. The molecule has 1 aromatic carbocycles. The van der Waals surface area contributed by atoms with E-state index in [1.54, 1.807) is 11.0 Å². The average molecular weight is 327 g/mol. The summed E-state index contributed by atoms with van der Waals surface area (Å²) in [5.41, 5.74) is 2.27. The van der Waals surface area contributed by atoms with Crippen molar-refractivity contribution < 1.29 is 4.79 Å². The van der Waals surface area contributed by atoms with Crippen molar-refractivity contribution in [3.8, 4) is 0 Å². The molecule has 2 heterocycles. The number of benzene rings is 1. The van der Waals surface area contributed by atoms with Crippen LogP contribution in [0.25, 0.3) is 0 Å². The van der Waals surface area contributed by atoms with Gasteiger partial charge in [-0.3, -0.25) is 0 Å². The van der Waals surface area contributed by atoms with Crippen molar-refractivity contribution in [2.45, 2.75) is 51.7 Å². The fourth-order valence-electron chi connectivity index (χ4n) is 3.24. The van der Waals surface area contributed by atoms with E-state index in [1.165, 1.54) is 12.7 Å². The number of hydrogen-bond donors (Lipinski definition) is 1. The van der Waals surface area contributed by atoms with Gasteiger partial charge in [0.2, 0.25) is 0 Å². The molecule has 1 aliphatic rings. The van der Waals surface area contributed by atoms with Crippen LogP contribution in [0.2, 0.25) is 0 Å². The van der Waals surface area contributed by atoms with Crippen LogP contribution < -0.4 is 5.32 Å². The van der Waals surface area contributed by atoms with Gasteiger partial charge in [-0.25, -0.2) is 14.5 Å². The fraction of sp³-hybridized carbons (Fsp3) is 0.500. The quantitative estimate of drug-likeness (QED) is 0.918. The van der Waals surface area contributed by atoms with Gasteiger partial charge < -0.3 is 10.2 Å². The smallest absolute Gasteiger partial charge is 0.317 e. The molecule has 24 heavy (non-hydrogen) atoms. The number of carbonyl (C=O) groups excluding carboxylic acids is 1. The van der Waals surface area contributed by atoms with Crippen LogP contribution in [0.5, 0.6) is 0 Å². The van der Waals surface area contributed by atoms with Crippen molar-refractivity contribution in [2.75, 3.05) is 6.54 Å². The van der Waals surface area contributed by atoms with Crippen LogP contribution in [0.15, 0.2) is 36.9 Å². The Morgan fingerprint density at radius 1 is 1.25 bits per heavy atom. The molecule has 1 N–H and O–H groups in total. The Bertz CT molecular complexity index is 638. The summed E-state index contributed by atoms with van der Waals surface area (Å²) in [6.45, 7) is 4.30. The number of nitrogens with one attached hydrogen (secondary N) is 1. The number of urea groups is 1. The minimum atomic E-state index is 0.0632. The maximum atomic E-state index is 12.4. The second-order valence-electron chi connectivity index (χ2n) is 6.32. The lowest BCUT2D eigenvalue weighted by molar-refractivity contribution is 0.148. The van der Waals surface area contributed by atoms with Crippen LogP contribution in [-0.2, 0) is 13.1 Å². The number of aromatic nitrogens is 3. The van der Waals surface area contributed by atoms with E-state index in [0.717, 1.165) is 36.9 Å². The van der Waals surface area contributed by atoms with E-state index in [4.69, 9.17) is 0 Å². The first-order valence-corrected chi connectivity index (χ1v) is 8.71. The summed E-state index contributed by atoms with van der Waals surface area (Å²) < 4.78 is 1.79. The molecule has 1 atom stereocenters. The lowest BCUT2D eigenvalue weighted by Crippen LogP contribution is -2.48. The summed E-state index contributed by atoms with van der Waals surface area (Å²) >= 11 is 0. The van der Waals surface area contributed by atoms with Crippen molar-refractivity contribution in [3.05, 3.63) is 48.0 Å². The molecule has 0 aliphatic carbocycles. The van der Waals surface area contributed by atoms with Crippen molar-refractivity contribution >= 4 is 6.03 Å². The molecule has 0 spiro atoms. The summed E-state index contributed by atoms with van der Waals surface area (Å²) in [6, 6.07) is 8.70. The maximum absolute atomic E-state index is 12.4. The van der Waals surface area contributed by atoms with Gasteiger partial charge in [-0.1, -0.05) is 31.2 Å². The number of piperidine rings is 1. The van der Waals surface area contributed by atoms with E-state index in [2.05, 4.69) is 46.6 Å². The van der Waals surface area contributed by atoms with Crippen LogP contribution in [0, 0.1) is 0 Å². The molecule has 0 saturated carbocycles. The Kier molecular flexibility index (Phi) is 5.46. The van der Waals surface area contributed by atoms with Crippen molar-refractivity contribution in [1.29, 1.82) is 0 Å². The molecule has 128 valence electrons. The van der Waals surface area contributed by atoms with Crippen LogP contribution in [-0.4, -0.2) is 38.3 Å². The molecule has 3 rings (SSSR count). The first kappa shape index (κ1) is 16.5. The molecule has 2 amide bonds. The molecule has 1 saturated heterocycles. The van der Waals surface area contributed by atoms with Gasteiger partial charge in [0.05, 0.1) is 6.54 Å². The predicted molar refractivity (Wildman–Crippen MR) is 92.4 cm³/mol. The third kappa shape index (κ3) is 4.13. The fourth-order valence-corrected chi connectivity index (χ4v) is 3.24. The van der Waals surface area contributed by atoms with Gasteiger partial charge in [-0.05, 0) is 36.8 Å². The SMILES string of the molecule is CCC1CCCCN1C(=O)NCc1ccc(Cn2cncn2)cc1. The summed E-state index contributed by atoms with van der Waals surface area (Å²) in [5.74, 6) is 0. The normalized spacial score (nSPS) is 17.7. The highest BCUT2D eigenvalue weighted by atomic mass is 16.2. The number of carbonyl (C=O) groups is 1. The first-order chi connectivity index (χ1) is 11.8. The van der Waals surface area contributed by atoms with Crippen LogP contribution >= 0.6 is 0 Å². The van der Waals surface area contributed by atoms with Gasteiger partial charge >= 0.3 is 6.03 Å². The Hall–Kier alpha value is -2.37. The van der Waals surface area contributed by atoms with Gasteiger partial charge in [-0.15, -0.1) is 0 Å². The Balaban J connectivity index is 1.51. The van der Waals surface area contributed by atoms with E-state index < -0.39 is 0 Å². The number of amides is 2. The molecule has 1 unspecified atom stereocenters. The largest absolute Gasteiger partial charge is 0.334 e. The van der Waals surface area contributed by atoms with E-state index in [1.807, 2.05) is 4.90 Å². The topological polar surface area (TPSA) is 63.1 Å². The predicted octanol–water partition coefficient (Wildman–Crippen LogP) is 2.80. The van der Waals surface area contributed by atoms with Gasteiger partial charge in [0.15, 0.2) is 0 Å². The Morgan fingerprint density at radius 3 is 2.75 bits per heavy atom. The molecule has 6 heteroatoms. The second-order valence-corrected chi connectivity index (χ2v) is 6.32. The Morgan fingerprint density at radius 2 is 2.04 bits per heavy atom. The molecule has 1 aromatic heterocycles. The molecule has 0 radical (unpaired) electrons. The molecule has 1 fully saturated rings. The summed E-state index contributed by atoms with van der Waals surface area (Å²) in [6.07, 6.45) is 7.74. The van der Waals surface area contributed by atoms with Crippen molar-refractivity contribution in [3.63, 3.8) is 0 Å². The van der Waals surface area contributed by atoms with Gasteiger partial charge in [0.1, 0.15) is 12.7 Å². The molecular weight excluding hydrogens is 302 g/mol. The molecule has 6 nitrogen and oxygen atoms in total. The second kappa shape index (κ2) is 7.95. The lowest BCUT2D eigenvalue weighted by Gasteiger charge is -2.35. The van der Waals surface area contributed by atoms with Gasteiger partial charge in [0, 0.05) is 19.1 Å². The highest BCUT2D eigenvalue weighted by Crippen LogP contribution is 2.19. The third-order valence-electron chi connectivity index (χ3n) is 4.64. The zero-order chi connectivity index (χ0) is 16.8. The van der Waals surface area contributed by atoms with Crippen LogP contribution in [0.3, 0.4) is 0 Å². The standard InChI is InChI=1S/C18H25N5O/c1-2-17-5-3-4-10-23(17)18(24)20-11-15-6-8-16(9-7-15)12-22-14-19-13-21-22/h6-9,13-14,17H,2-5,10-12H2,1H3,(H,20,24).